The first kappa shape index (κ1) is 14.8. The maximum Gasteiger partial charge on any atom is 0.213 e. The summed E-state index contributed by atoms with van der Waals surface area (Å²) in [7, 11) is 0. The molecule has 3 heterocycles. The highest BCUT2D eigenvalue weighted by molar-refractivity contribution is 6.18. The number of aromatic nitrogens is 3. The molecular formula is C22H15N3O. The topological polar surface area (TPSA) is 47.3 Å². The van der Waals surface area contributed by atoms with Crippen LogP contribution in [0.25, 0.3) is 27.6 Å². The van der Waals surface area contributed by atoms with E-state index in [4.69, 9.17) is 9.97 Å². The summed E-state index contributed by atoms with van der Waals surface area (Å²) in [5.74, 6) is -0.0929. The second-order valence-electron chi connectivity index (χ2n) is 6.42. The predicted octanol–water partition coefficient (Wildman–Crippen LogP) is 4.58. The van der Waals surface area contributed by atoms with Crippen LogP contribution in [0.5, 0.6) is 0 Å². The lowest BCUT2D eigenvalue weighted by molar-refractivity contribution is 0.103. The molecule has 124 valence electrons. The Kier molecular flexibility index (Phi) is 3.12. The minimum Gasteiger partial charge on any atom is -0.297 e. The van der Waals surface area contributed by atoms with Gasteiger partial charge in [0.15, 0.2) is 0 Å². The molecule has 4 heteroatoms. The summed E-state index contributed by atoms with van der Waals surface area (Å²) in [4.78, 5) is 22.7. The number of imidazole rings is 1. The van der Waals surface area contributed by atoms with E-state index in [1.165, 1.54) is 0 Å². The largest absolute Gasteiger partial charge is 0.297 e. The van der Waals surface area contributed by atoms with Gasteiger partial charge in [-0.3, -0.25) is 9.20 Å². The van der Waals surface area contributed by atoms with Gasteiger partial charge in [0.1, 0.15) is 22.4 Å². The zero-order valence-corrected chi connectivity index (χ0v) is 14.2. The van der Waals surface area contributed by atoms with Crippen LogP contribution in [0.3, 0.4) is 0 Å². The number of hydrogen-bond donors (Lipinski definition) is 0. The summed E-state index contributed by atoms with van der Waals surface area (Å²) in [6.45, 7) is 2.03. The molecule has 5 rings (SSSR count). The zero-order chi connectivity index (χ0) is 17.7. The van der Waals surface area contributed by atoms with E-state index in [1.807, 2.05) is 84.3 Å². The van der Waals surface area contributed by atoms with E-state index in [2.05, 4.69) is 0 Å². The van der Waals surface area contributed by atoms with Gasteiger partial charge in [0.05, 0.1) is 5.52 Å². The summed E-state index contributed by atoms with van der Waals surface area (Å²) in [6.07, 6.45) is 2.00. The summed E-state index contributed by atoms with van der Waals surface area (Å²) in [5.41, 5.74) is 5.31. The Labute approximate surface area is 149 Å². The van der Waals surface area contributed by atoms with E-state index in [0.717, 1.165) is 33.1 Å². The van der Waals surface area contributed by atoms with Gasteiger partial charge >= 0.3 is 0 Å². The van der Waals surface area contributed by atoms with Crippen molar-refractivity contribution in [2.45, 2.75) is 6.92 Å². The molecule has 0 aliphatic heterocycles. The van der Waals surface area contributed by atoms with Gasteiger partial charge in [-0.2, -0.15) is 0 Å². The second kappa shape index (κ2) is 5.49. The molecule has 0 bridgehead atoms. The maximum absolute atomic E-state index is 13.2. The van der Waals surface area contributed by atoms with E-state index in [1.54, 1.807) is 0 Å². The molecule has 0 radical (unpaired) electrons. The van der Waals surface area contributed by atoms with Crippen molar-refractivity contribution in [3.63, 3.8) is 0 Å². The molecule has 3 aromatic heterocycles. The molecule has 0 N–H and O–H groups in total. The van der Waals surface area contributed by atoms with Crippen LogP contribution in [0, 0.1) is 6.92 Å². The Bertz CT molecular complexity index is 1300. The van der Waals surface area contributed by atoms with Crippen molar-refractivity contribution in [2.75, 3.05) is 0 Å². The number of aryl methyl sites for hydroxylation is 1. The highest BCUT2D eigenvalue weighted by Gasteiger charge is 2.20. The van der Waals surface area contributed by atoms with Crippen molar-refractivity contribution in [1.29, 1.82) is 0 Å². The Balaban J connectivity index is 1.95. The summed E-state index contributed by atoms with van der Waals surface area (Å²) in [5, 5.41) is 0.952. The Morgan fingerprint density at radius 1 is 0.885 bits per heavy atom. The fourth-order valence-electron chi connectivity index (χ4n) is 3.39. The Morgan fingerprint density at radius 2 is 1.65 bits per heavy atom. The normalized spacial score (nSPS) is 11.4. The number of benzene rings is 2. The smallest absolute Gasteiger partial charge is 0.213 e. The number of carbonyl (C=O) groups excluding carboxylic acids is 1. The van der Waals surface area contributed by atoms with Gasteiger partial charge in [0, 0.05) is 17.1 Å². The predicted molar refractivity (Wildman–Crippen MR) is 103 cm³/mol. The van der Waals surface area contributed by atoms with Crippen LogP contribution in [-0.2, 0) is 0 Å². The molecule has 0 saturated carbocycles. The first-order chi connectivity index (χ1) is 12.7. The van der Waals surface area contributed by atoms with E-state index < -0.39 is 0 Å². The number of carbonyl (C=O) groups is 1. The molecule has 0 atom stereocenters. The van der Waals surface area contributed by atoms with E-state index in [9.17, 15) is 4.79 Å². The van der Waals surface area contributed by atoms with Crippen LogP contribution in [0.1, 0.15) is 21.6 Å². The maximum atomic E-state index is 13.2. The fraction of sp³-hybridized carbons (Fsp3) is 0.0455. The third-order valence-corrected chi connectivity index (χ3v) is 4.63. The number of hydrogen-bond acceptors (Lipinski definition) is 3. The van der Waals surface area contributed by atoms with Crippen LogP contribution < -0.4 is 0 Å². The van der Waals surface area contributed by atoms with Gasteiger partial charge in [-0.1, -0.05) is 54.6 Å². The summed E-state index contributed by atoms with van der Waals surface area (Å²) >= 11 is 0. The van der Waals surface area contributed by atoms with Gasteiger partial charge in [-0.25, -0.2) is 9.97 Å². The molecule has 26 heavy (non-hydrogen) atoms. The van der Waals surface area contributed by atoms with Crippen molar-refractivity contribution in [2.24, 2.45) is 0 Å². The molecule has 0 unspecified atom stereocenters. The van der Waals surface area contributed by atoms with E-state index >= 15 is 0 Å². The molecule has 0 amide bonds. The first-order valence-corrected chi connectivity index (χ1v) is 8.49. The lowest BCUT2D eigenvalue weighted by Crippen LogP contribution is -2.06. The quantitative estimate of drug-likeness (QED) is 0.443. The molecule has 5 aromatic rings. The lowest BCUT2D eigenvalue weighted by atomic mass is 10.0. The monoisotopic (exact) mass is 337 g/mol. The number of ketones is 1. The number of pyridine rings is 2. The first-order valence-electron chi connectivity index (χ1n) is 8.49. The third-order valence-electron chi connectivity index (χ3n) is 4.63. The minimum atomic E-state index is -0.0929. The van der Waals surface area contributed by atoms with Gasteiger partial charge in [0.2, 0.25) is 5.78 Å². The van der Waals surface area contributed by atoms with Crippen molar-refractivity contribution in [3.05, 3.63) is 89.7 Å². The van der Waals surface area contributed by atoms with Crippen LogP contribution in [0.15, 0.2) is 72.9 Å². The fourth-order valence-corrected chi connectivity index (χ4v) is 3.39. The van der Waals surface area contributed by atoms with Gasteiger partial charge in [0.25, 0.3) is 0 Å². The minimum absolute atomic E-state index is 0.0929. The zero-order valence-electron chi connectivity index (χ0n) is 14.2. The second-order valence-corrected chi connectivity index (χ2v) is 6.42. The molecule has 4 nitrogen and oxygen atoms in total. The van der Waals surface area contributed by atoms with Crippen molar-refractivity contribution in [3.8, 4) is 0 Å². The van der Waals surface area contributed by atoms with Gasteiger partial charge < -0.3 is 0 Å². The third kappa shape index (κ3) is 2.12. The number of para-hydroxylation sites is 1. The molecule has 0 aliphatic rings. The van der Waals surface area contributed by atoms with Crippen LogP contribution in [-0.4, -0.2) is 20.2 Å². The molecule has 2 aromatic carbocycles. The van der Waals surface area contributed by atoms with Crippen molar-refractivity contribution in [1.82, 2.24) is 14.4 Å². The van der Waals surface area contributed by atoms with E-state index in [-0.39, 0.29) is 5.78 Å². The van der Waals surface area contributed by atoms with Crippen molar-refractivity contribution >= 4 is 33.4 Å². The van der Waals surface area contributed by atoms with E-state index in [0.29, 0.717) is 11.3 Å². The average molecular weight is 337 g/mol. The lowest BCUT2D eigenvalue weighted by Gasteiger charge is -2.07. The van der Waals surface area contributed by atoms with Gasteiger partial charge in [-0.05, 0) is 24.6 Å². The molecule has 0 saturated heterocycles. The summed E-state index contributed by atoms with van der Waals surface area (Å²) in [6, 6.07) is 21.1. The standard InChI is InChI=1S/C22H15N3O/c1-14-11-12-18-24-19-16-9-5-6-10-17(16)23-20(21(19)25(18)13-14)22(26)15-7-3-2-4-8-15/h2-13H,1H3. The SMILES string of the molecule is Cc1ccc2nc3c4ccccc4nc(C(=O)c4ccccc4)c3n2c1. The average Bonchev–Trinajstić information content (AvgIpc) is 3.06. The summed E-state index contributed by atoms with van der Waals surface area (Å²) < 4.78 is 1.97. The van der Waals surface area contributed by atoms with Gasteiger partial charge in [-0.15, -0.1) is 0 Å². The molecule has 0 fully saturated rings. The van der Waals surface area contributed by atoms with Crippen LogP contribution >= 0.6 is 0 Å². The Hall–Kier alpha value is -3.53. The number of nitrogens with zero attached hydrogens (tertiary/aromatic N) is 3. The highest BCUT2D eigenvalue weighted by atomic mass is 16.1. The molecule has 0 aliphatic carbocycles. The van der Waals surface area contributed by atoms with Crippen LogP contribution in [0.2, 0.25) is 0 Å². The molecule has 0 spiro atoms. The number of fused-ring (bicyclic) bond motifs is 5. The number of rotatable bonds is 2. The van der Waals surface area contributed by atoms with Crippen molar-refractivity contribution < 1.29 is 4.79 Å². The Morgan fingerprint density at radius 3 is 2.50 bits per heavy atom. The van der Waals surface area contributed by atoms with Crippen LogP contribution in [0.4, 0.5) is 0 Å². The highest BCUT2D eigenvalue weighted by Crippen LogP contribution is 2.28. The molecular weight excluding hydrogens is 322 g/mol.